The van der Waals surface area contributed by atoms with E-state index in [0.29, 0.717) is 25.5 Å². The number of hydrogen-bond acceptors (Lipinski definition) is 7. The molecule has 0 bridgehead atoms. The highest BCUT2D eigenvalue weighted by molar-refractivity contribution is 5.79. The molecule has 4 rings (SSSR count). The summed E-state index contributed by atoms with van der Waals surface area (Å²) in [5, 5.41) is 20.1. The Hall–Kier alpha value is -3.30. The number of rotatable bonds is 6. The van der Waals surface area contributed by atoms with Crippen molar-refractivity contribution < 1.29 is 4.79 Å². The summed E-state index contributed by atoms with van der Waals surface area (Å²) in [7, 11) is 0. The molecule has 1 saturated heterocycles. The van der Waals surface area contributed by atoms with Gasteiger partial charge >= 0.3 is 0 Å². The monoisotopic (exact) mass is 395 g/mol. The Balaban J connectivity index is 1.31. The summed E-state index contributed by atoms with van der Waals surface area (Å²) in [5.41, 5.74) is 2.10. The highest BCUT2D eigenvalue weighted by atomic mass is 16.1. The summed E-state index contributed by atoms with van der Waals surface area (Å²) in [4.78, 5) is 18.7. The molecule has 1 atom stereocenters. The Bertz CT molecular complexity index is 949. The molecule has 0 aromatic carbocycles. The zero-order chi connectivity index (χ0) is 20.2. The number of piperidine rings is 1. The lowest BCUT2D eigenvalue weighted by atomic mass is 9.97. The molecule has 29 heavy (non-hydrogen) atoms. The van der Waals surface area contributed by atoms with Crippen molar-refractivity contribution in [1.82, 2.24) is 40.1 Å². The van der Waals surface area contributed by atoms with E-state index in [9.17, 15) is 4.79 Å². The molecule has 1 aliphatic rings. The molecule has 1 fully saturated rings. The van der Waals surface area contributed by atoms with Crippen LogP contribution in [0.4, 0.5) is 5.82 Å². The van der Waals surface area contributed by atoms with Crippen molar-refractivity contribution in [1.29, 1.82) is 0 Å². The first-order valence-corrected chi connectivity index (χ1v) is 9.82. The van der Waals surface area contributed by atoms with Crippen LogP contribution in [-0.2, 0) is 11.3 Å². The van der Waals surface area contributed by atoms with Gasteiger partial charge in [-0.3, -0.25) is 9.48 Å². The predicted octanol–water partition coefficient (Wildman–Crippen LogP) is 0.903. The van der Waals surface area contributed by atoms with Gasteiger partial charge in [0.25, 0.3) is 0 Å². The van der Waals surface area contributed by atoms with Crippen molar-refractivity contribution in [3.8, 4) is 5.82 Å². The third-order valence-electron chi connectivity index (χ3n) is 5.13. The van der Waals surface area contributed by atoms with Crippen molar-refractivity contribution in [2.45, 2.75) is 33.2 Å². The summed E-state index contributed by atoms with van der Waals surface area (Å²) in [6.45, 7) is 6.76. The van der Waals surface area contributed by atoms with Crippen LogP contribution in [0, 0.1) is 19.8 Å². The third kappa shape index (κ3) is 4.41. The molecular weight excluding hydrogens is 370 g/mol. The largest absolute Gasteiger partial charge is 0.354 e. The highest BCUT2D eigenvalue weighted by Gasteiger charge is 2.26. The van der Waals surface area contributed by atoms with Crippen LogP contribution >= 0.6 is 0 Å². The summed E-state index contributed by atoms with van der Waals surface area (Å²) in [6, 6.07) is 5.80. The average molecular weight is 395 g/mol. The number of aromatic nitrogens is 7. The molecule has 1 aliphatic heterocycles. The van der Waals surface area contributed by atoms with Gasteiger partial charge < -0.3 is 10.2 Å². The second kappa shape index (κ2) is 8.38. The van der Waals surface area contributed by atoms with E-state index in [0.717, 1.165) is 36.6 Å². The Morgan fingerprint density at radius 3 is 2.76 bits per heavy atom. The molecule has 10 heteroatoms. The predicted molar refractivity (Wildman–Crippen MR) is 107 cm³/mol. The Labute approximate surface area is 169 Å². The summed E-state index contributed by atoms with van der Waals surface area (Å²) < 4.78 is 3.49. The van der Waals surface area contributed by atoms with Gasteiger partial charge in [-0.05, 0) is 44.9 Å². The van der Waals surface area contributed by atoms with E-state index in [1.165, 1.54) is 6.33 Å². The van der Waals surface area contributed by atoms with Crippen LogP contribution in [0.5, 0.6) is 0 Å². The summed E-state index contributed by atoms with van der Waals surface area (Å²) >= 11 is 0. The zero-order valence-corrected chi connectivity index (χ0v) is 16.7. The van der Waals surface area contributed by atoms with Gasteiger partial charge in [0.05, 0.1) is 18.2 Å². The van der Waals surface area contributed by atoms with Crippen molar-refractivity contribution in [2.75, 3.05) is 24.5 Å². The Kier molecular flexibility index (Phi) is 5.50. The first-order chi connectivity index (χ1) is 14.1. The minimum absolute atomic E-state index is 0.0546. The topological polar surface area (TPSA) is 107 Å². The molecule has 1 N–H and O–H groups in total. The quantitative estimate of drug-likeness (QED) is 0.661. The van der Waals surface area contributed by atoms with E-state index < -0.39 is 0 Å². The van der Waals surface area contributed by atoms with Crippen LogP contribution in [-0.4, -0.2) is 60.3 Å². The molecule has 0 aliphatic carbocycles. The van der Waals surface area contributed by atoms with Crippen molar-refractivity contribution >= 4 is 11.7 Å². The van der Waals surface area contributed by atoms with Gasteiger partial charge in [0, 0.05) is 25.3 Å². The maximum Gasteiger partial charge on any atom is 0.224 e. The number of aryl methyl sites for hydroxylation is 2. The minimum atomic E-state index is -0.0546. The minimum Gasteiger partial charge on any atom is -0.354 e. The van der Waals surface area contributed by atoms with Crippen molar-refractivity contribution in [3.63, 3.8) is 0 Å². The number of hydrogen-bond donors (Lipinski definition) is 1. The van der Waals surface area contributed by atoms with Gasteiger partial charge in [-0.2, -0.15) is 10.2 Å². The fourth-order valence-electron chi connectivity index (χ4n) is 3.67. The van der Waals surface area contributed by atoms with E-state index in [4.69, 9.17) is 0 Å². The molecule has 10 nitrogen and oxygen atoms in total. The van der Waals surface area contributed by atoms with Gasteiger partial charge in [0.15, 0.2) is 11.6 Å². The van der Waals surface area contributed by atoms with Gasteiger partial charge in [0.1, 0.15) is 12.7 Å². The van der Waals surface area contributed by atoms with Gasteiger partial charge in [-0.15, -0.1) is 10.2 Å². The molecular formula is C19H25N9O. The molecule has 1 amide bonds. The fraction of sp³-hybridized carbons (Fsp3) is 0.474. The second-order valence-electron chi connectivity index (χ2n) is 7.32. The van der Waals surface area contributed by atoms with Gasteiger partial charge in [-0.25, -0.2) is 9.67 Å². The number of carbonyl (C=O) groups excluding carboxylic acids is 1. The molecule has 0 radical (unpaired) electrons. The van der Waals surface area contributed by atoms with E-state index in [1.54, 1.807) is 11.0 Å². The summed E-state index contributed by atoms with van der Waals surface area (Å²) in [5.74, 6) is 1.42. The van der Waals surface area contributed by atoms with E-state index >= 15 is 0 Å². The lowest BCUT2D eigenvalue weighted by molar-refractivity contribution is -0.125. The van der Waals surface area contributed by atoms with Crippen LogP contribution in [0.2, 0.25) is 0 Å². The van der Waals surface area contributed by atoms with Crippen molar-refractivity contribution in [3.05, 3.63) is 42.2 Å². The third-order valence-corrected chi connectivity index (χ3v) is 5.13. The molecule has 0 spiro atoms. The molecule has 0 saturated carbocycles. The molecule has 152 valence electrons. The zero-order valence-electron chi connectivity index (χ0n) is 16.7. The van der Waals surface area contributed by atoms with Crippen LogP contribution in [0.25, 0.3) is 5.82 Å². The Morgan fingerprint density at radius 1 is 1.24 bits per heavy atom. The number of amides is 1. The van der Waals surface area contributed by atoms with E-state index in [-0.39, 0.29) is 11.8 Å². The first-order valence-electron chi connectivity index (χ1n) is 9.82. The van der Waals surface area contributed by atoms with Crippen LogP contribution in [0.15, 0.2) is 30.9 Å². The smallest absolute Gasteiger partial charge is 0.224 e. The Morgan fingerprint density at radius 2 is 2.07 bits per heavy atom. The molecule has 3 aromatic rings. The lowest BCUT2D eigenvalue weighted by Gasteiger charge is -2.32. The normalized spacial score (nSPS) is 16.8. The lowest BCUT2D eigenvalue weighted by Crippen LogP contribution is -2.44. The van der Waals surface area contributed by atoms with Gasteiger partial charge in [0.2, 0.25) is 5.91 Å². The SMILES string of the molecule is Cc1cc(C)n(CCNC(=O)[C@@H]2CCCN(c3ccc(-n4cncn4)nn3)C2)n1. The highest BCUT2D eigenvalue weighted by Crippen LogP contribution is 2.21. The van der Waals surface area contributed by atoms with Crippen molar-refractivity contribution in [2.24, 2.45) is 5.92 Å². The van der Waals surface area contributed by atoms with E-state index in [1.807, 2.05) is 36.7 Å². The second-order valence-corrected chi connectivity index (χ2v) is 7.32. The standard InChI is InChI=1S/C19H25N9O/c1-14-10-15(2)27(25-14)9-7-21-19(29)16-4-3-8-26(11-16)17-5-6-18(24-23-17)28-13-20-12-22-28/h5-6,10,12-13,16H,3-4,7-9,11H2,1-2H3,(H,21,29)/t16-/m1/s1. The van der Waals surface area contributed by atoms with Crippen LogP contribution < -0.4 is 10.2 Å². The van der Waals surface area contributed by atoms with Crippen LogP contribution in [0.1, 0.15) is 24.2 Å². The number of carbonyl (C=O) groups is 1. The number of nitrogens with one attached hydrogen (secondary N) is 1. The van der Waals surface area contributed by atoms with Crippen LogP contribution in [0.3, 0.4) is 0 Å². The maximum atomic E-state index is 12.6. The number of anilines is 1. The molecule has 3 aromatic heterocycles. The summed E-state index contributed by atoms with van der Waals surface area (Å²) in [6.07, 6.45) is 4.87. The first kappa shape index (κ1) is 19.0. The van der Waals surface area contributed by atoms with Gasteiger partial charge in [-0.1, -0.05) is 0 Å². The molecule has 0 unspecified atom stereocenters. The molecule has 4 heterocycles. The maximum absolute atomic E-state index is 12.6. The fourth-order valence-corrected chi connectivity index (χ4v) is 3.67. The average Bonchev–Trinajstić information content (AvgIpc) is 3.38. The number of nitrogens with zero attached hydrogens (tertiary/aromatic N) is 8. The van der Waals surface area contributed by atoms with E-state index in [2.05, 4.69) is 35.6 Å².